The van der Waals surface area contributed by atoms with Gasteiger partial charge in [0.2, 0.25) is 0 Å². The molecule has 3 unspecified atom stereocenters. The predicted molar refractivity (Wildman–Crippen MR) is 102 cm³/mol. The lowest BCUT2D eigenvalue weighted by atomic mass is 9.58. The summed E-state index contributed by atoms with van der Waals surface area (Å²) in [7, 11) is 0. The van der Waals surface area contributed by atoms with Gasteiger partial charge in [-0.3, -0.25) is 4.79 Å². The number of carboxylic acid groups (broad SMARTS) is 1. The van der Waals surface area contributed by atoms with E-state index in [9.17, 15) is 32.7 Å². The van der Waals surface area contributed by atoms with Gasteiger partial charge in [-0.25, -0.2) is 4.39 Å². The van der Waals surface area contributed by atoms with Gasteiger partial charge >= 0.3 is 12.1 Å². The molecule has 30 heavy (non-hydrogen) atoms. The quantitative estimate of drug-likeness (QED) is 0.603. The third kappa shape index (κ3) is 3.78. The average Bonchev–Trinajstić information content (AvgIpc) is 3.47. The number of hydrogen-bond donors (Lipinski definition) is 2. The number of carboxylic acids is 1. The van der Waals surface area contributed by atoms with Crippen LogP contribution in [-0.4, -0.2) is 17.1 Å². The van der Waals surface area contributed by atoms with Crippen molar-refractivity contribution in [3.63, 3.8) is 0 Å². The zero-order valence-electron chi connectivity index (χ0n) is 16.8. The maximum Gasteiger partial charge on any atom is 0.416 e. The molecule has 1 aromatic carbocycles. The number of hydrogen-bond acceptors (Lipinski definition) is 3. The van der Waals surface area contributed by atoms with Crippen molar-refractivity contribution >= 4 is 5.97 Å². The topological polar surface area (TPSA) is 73.1 Å². The van der Waals surface area contributed by atoms with Crippen molar-refractivity contribution in [2.75, 3.05) is 0 Å². The molecule has 0 spiro atoms. The minimum Gasteiger partial charge on any atom is -0.481 e. The van der Waals surface area contributed by atoms with E-state index >= 15 is 0 Å². The first kappa shape index (κ1) is 22.1. The number of benzene rings is 1. The van der Waals surface area contributed by atoms with E-state index < -0.39 is 40.9 Å². The van der Waals surface area contributed by atoms with Crippen molar-refractivity contribution < 1.29 is 27.5 Å². The zero-order valence-corrected chi connectivity index (χ0v) is 16.8. The number of halogens is 4. The zero-order chi connectivity index (χ0) is 22.3. The van der Waals surface area contributed by atoms with Gasteiger partial charge in [-0.05, 0) is 43.4 Å². The van der Waals surface area contributed by atoms with Gasteiger partial charge in [0, 0.05) is 17.7 Å². The van der Waals surface area contributed by atoms with Crippen LogP contribution in [0.5, 0.6) is 0 Å². The molecular weight excluding hydrogens is 400 g/mol. The molecule has 0 amide bonds. The second kappa shape index (κ2) is 7.93. The summed E-state index contributed by atoms with van der Waals surface area (Å²) in [6.07, 6.45) is -2.07. The Hall–Kier alpha value is -2.56. The lowest BCUT2D eigenvalue weighted by Gasteiger charge is -2.48. The van der Waals surface area contributed by atoms with Gasteiger partial charge in [-0.2, -0.15) is 18.4 Å². The van der Waals surface area contributed by atoms with Crippen LogP contribution >= 0.6 is 0 Å². The molecule has 2 aliphatic rings. The fourth-order valence-corrected chi connectivity index (χ4v) is 4.79. The van der Waals surface area contributed by atoms with E-state index in [2.05, 4.69) is 5.32 Å². The summed E-state index contributed by atoms with van der Waals surface area (Å²) in [6, 6.07) is 3.59. The SMILES string of the molecule is CCCC1NC(C)=C(C#N)C(c2ccc(F)cc2C(F)(F)F)C1(CC1CC1)C(=O)O. The Morgan fingerprint density at radius 2 is 2.03 bits per heavy atom. The van der Waals surface area contributed by atoms with Gasteiger partial charge < -0.3 is 10.4 Å². The highest BCUT2D eigenvalue weighted by Gasteiger charge is 2.59. The summed E-state index contributed by atoms with van der Waals surface area (Å²) < 4.78 is 55.3. The molecule has 2 N–H and O–H groups in total. The minimum absolute atomic E-state index is 0.0393. The number of nitrogens with zero attached hydrogens (tertiary/aromatic N) is 1. The molecule has 0 radical (unpaired) electrons. The van der Waals surface area contributed by atoms with Crippen molar-refractivity contribution in [3.8, 4) is 6.07 Å². The monoisotopic (exact) mass is 424 g/mol. The van der Waals surface area contributed by atoms with Crippen LogP contribution in [0.1, 0.15) is 63.0 Å². The highest BCUT2D eigenvalue weighted by atomic mass is 19.4. The van der Waals surface area contributed by atoms with Gasteiger partial charge in [0.25, 0.3) is 0 Å². The van der Waals surface area contributed by atoms with Crippen LogP contribution in [0.2, 0.25) is 0 Å². The largest absolute Gasteiger partial charge is 0.481 e. The maximum absolute atomic E-state index is 13.9. The number of aliphatic carboxylic acids is 1. The Morgan fingerprint density at radius 3 is 2.53 bits per heavy atom. The number of nitrogens with one attached hydrogen (secondary N) is 1. The standard InChI is InChI=1S/C22H24F4N2O2/c1-3-4-18-21(20(29)30,10-13-5-6-13)19(16(11-27)12(2)28-18)15-8-7-14(23)9-17(15)22(24,25)26/h7-9,13,18-19,28H,3-6,10H2,1-2H3,(H,29,30). The Kier molecular flexibility index (Phi) is 5.85. The van der Waals surface area contributed by atoms with Crippen LogP contribution in [-0.2, 0) is 11.0 Å². The molecule has 3 rings (SSSR count). The molecule has 4 nitrogen and oxygen atoms in total. The first-order chi connectivity index (χ1) is 14.1. The first-order valence-electron chi connectivity index (χ1n) is 10.0. The number of carbonyl (C=O) groups is 1. The molecule has 1 aliphatic heterocycles. The number of allylic oxidation sites excluding steroid dienone is 2. The third-order valence-electron chi connectivity index (χ3n) is 6.27. The van der Waals surface area contributed by atoms with E-state index in [4.69, 9.17) is 0 Å². The molecule has 0 aromatic heterocycles. The van der Waals surface area contributed by atoms with Crippen molar-refractivity contribution in [3.05, 3.63) is 46.4 Å². The summed E-state index contributed by atoms with van der Waals surface area (Å²) in [5.41, 5.74) is -2.90. The fourth-order valence-electron chi connectivity index (χ4n) is 4.79. The Balaban J connectivity index is 2.35. The molecule has 1 saturated carbocycles. The molecule has 1 aliphatic carbocycles. The van der Waals surface area contributed by atoms with Crippen LogP contribution in [0.25, 0.3) is 0 Å². The van der Waals surface area contributed by atoms with E-state index in [1.54, 1.807) is 6.92 Å². The molecule has 162 valence electrons. The van der Waals surface area contributed by atoms with Gasteiger partial charge in [-0.1, -0.05) is 32.3 Å². The number of alkyl halides is 3. The van der Waals surface area contributed by atoms with Crippen LogP contribution in [0, 0.1) is 28.5 Å². The van der Waals surface area contributed by atoms with E-state index in [-0.39, 0.29) is 23.5 Å². The highest BCUT2D eigenvalue weighted by Crippen LogP contribution is 2.57. The normalized spacial score (nSPS) is 26.8. The second-order valence-electron chi connectivity index (χ2n) is 8.29. The summed E-state index contributed by atoms with van der Waals surface area (Å²) in [5, 5.41) is 23.4. The number of rotatable bonds is 6. The minimum atomic E-state index is -4.89. The molecule has 1 fully saturated rings. The molecular formula is C22H24F4N2O2. The Labute approximate surface area is 172 Å². The lowest BCUT2D eigenvalue weighted by Crippen LogP contribution is -2.57. The molecule has 3 atom stereocenters. The van der Waals surface area contributed by atoms with E-state index in [1.807, 2.05) is 13.0 Å². The van der Waals surface area contributed by atoms with E-state index in [0.717, 1.165) is 25.0 Å². The first-order valence-corrected chi connectivity index (χ1v) is 10.0. The third-order valence-corrected chi connectivity index (χ3v) is 6.27. The van der Waals surface area contributed by atoms with Crippen LogP contribution < -0.4 is 5.32 Å². The maximum atomic E-state index is 13.9. The fraction of sp³-hybridized carbons (Fsp3) is 0.545. The predicted octanol–water partition coefficient (Wildman–Crippen LogP) is 5.37. The highest BCUT2D eigenvalue weighted by molar-refractivity contribution is 5.80. The van der Waals surface area contributed by atoms with Crippen molar-refractivity contribution in [1.82, 2.24) is 5.32 Å². The van der Waals surface area contributed by atoms with E-state index in [1.165, 1.54) is 0 Å². The lowest BCUT2D eigenvalue weighted by molar-refractivity contribution is -0.155. The average molecular weight is 424 g/mol. The molecule has 0 saturated heterocycles. The van der Waals surface area contributed by atoms with Crippen LogP contribution in [0.4, 0.5) is 17.6 Å². The smallest absolute Gasteiger partial charge is 0.416 e. The molecule has 1 aromatic rings. The summed E-state index contributed by atoms with van der Waals surface area (Å²) >= 11 is 0. The summed E-state index contributed by atoms with van der Waals surface area (Å²) in [4.78, 5) is 12.8. The number of nitriles is 1. The van der Waals surface area contributed by atoms with Crippen LogP contribution in [0.15, 0.2) is 29.5 Å². The van der Waals surface area contributed by atoms with Crippen molar-refractivity contribution in [2.24, 2.45) is 11.3 Å². The Bertz CT molecular complexity index is 915. The van der Waals surface area contributed by atoms with Crippen LogP contribution in [0.3, 0.4) is 0 Å². The Morgan fingerprint density at radius 1 is 1.37 bits per heavy atom. The summed E-state index contributed by atoms with van der Waals surface area (Å²) in [6.45, 7) is 3.45. The molecule has 8 heteroatoms. The van der Waals surface area contributed by atoms with Gasteiger partial charge in [0.05, 0.1) is 22.6 Å². The van der Waals surface area contributed by atoms with E-state index in [0.29, 0.717) is 24.6 Å². The van der Waals surface area contributed by atoms with Gasteiger partial charge in [-0.15, -0.1) is 0 Å². The van der Waals surface area contributed by atoms with Gasteiger partial charge in [0.15, 0.2) is 0 Å². The van der Waals surface area contributed by atoms with Crippen molar-refractivity contribution in [2.45, 2.75) is 64.1 Å². The second-order valence-corrected chi connectivity index (χ2v) is 8.29. The summed E-state index contributed by atoms with van der Waals surface area (Å²) in [5.74, 6) is -3.54. The molecule has 0 bridgehead atoms. The molecule has 1 heterocycles. The van der Waals surface area contributed by atoms with Gasteiger partial charge in [0.1, 0.15) is 5.82 Å². The van der Waals surface area contributed by atoms with Crippen molar-refractivity contribution in [1.29, 1.82) is 5.26 Å².